The smallest absolute Gasteiger partial charge is 0.326 e. The van der Waals surface area contributed by atoms with Gasteiger partial charge in [-0.05, 0) is 29.8 Å². The van der Waals surface area contributed by atoms with E-state index < -0.39 is 11.7 Å². The largest absolute Gasteiger partial charge is 0.416 e. The van der Waals surface area contributed by atoms with E-state index in [1.807, 2.05) is 6.07 Å². The Labute approximate surface area is 141 Å². The first-order valence-corrected chi connectivity index (χ1v) is 7.47. The summed E-state index contributed by atoms with van der Waals surface area (Å²) < 4.78 is 38.2. The van der Waals surface area contributed by atoms with Gasteiger partial charge in [-0.3, -0.25) is 9.89 Å². The van der Waals surface area contributed by atoms with E-state index in [4.69, 9.17) is 0 Å². The zero-order valence-corrected chi connectivity index (χ0v) is 13.0. The van der Waals surface area contributed by atoms with Crippen molar-refractivity contribution in [3.63, 3.8) is 0 Å². The van der Waals surface area contributed by atoms with Gasteiger partial charge in [0.15, 0.2) is 0 Å². The quantitative estimate of drug-likeness (QED) is 0.742. The van der Waals surface area contributed by atoms with Crippen LogP contribution in [0, 0.1) is 0 Å². The van der Waals surface area contributed by atoms with Crippen molar-refractivity contribution >= 4 is 11.6 Å². The van der Waals surface area contributed by atoms with Crippen molar-refractivity contribution in [1.82, 2.24) is 10.2 Å². The summed E-state index contributed by atoms with van der Waals surface area (Å²) in [7, 11) is 0. The van der Waals surface area contributed by atoms with Crippen LogP contribution >= 0.6 is 0 Å². The van der Waals surface area contributed by atoms with Gasteiger partial charge in [0.2, 0.25) is 5.91 Å². The third-order valence-corrected chi connectivity index (χ3v) is 3.58. The number of hydrogen-bond acceptors (Lipinski definition) is 2. The molecule has 2 aromatic carbocycles. The van der Waals surface area contributed by atoms with E-state index in [2.05, 4.69) is 15.5 Å². The molecule has 0 aliphatic heterocycles. The van der Waals surface area contributed by atoms with E-state index in [1.165, 1.54) is 12.1 Å². The minimum atomic E-state index is -4.43. The highest BCUT2D eigenvalue weighted by Gasteiger charge is 2.30. The summed E-state index contributed by atoms with van der Waals surface area (Å²) in [4.78, 5) is 12.1. The fourth-order valence-electron chi connectivity index (χ4n) is 2.43. The molecule has 0 fully saturated rings. The number of anilines is 1. The number of H-pyrrole nitrogens is 1. The van der Waals surface area contributed by atoms with Gasteiger partial charge >= 0.3 is 6.18 Å². The number of benzene rings is 2. The number of halogens is 3. The van der Waals surface area contributed by atoms with E-state index >= 15 is 0 Å². The van der Waals surface area contributed by atoms with Crippen LogP contribution in [0.2, 0.25) is 0 Å². The minimum absolute atomic E-state index is 0.141. The van der Waals surface area contributed by atoms with Crippen LogP contribution in [0.25, 0.3) is 11.3 Å². The van der Waals surface area contributed by atoms with Gasteiger partial charge in [-0.2, -0.15) is 18.3 Å². The third-order valence-electron chi connectivity index (χ3n) is 3.58. The normalized spacial score (nSPS) is 11.3. The molecule has 1 aromatic heterocycles. The standard InChI is InChI=1S/C18H14F3N3O/c19-18(20,21)14-5-1-3-12(9-14)10-17(25)23-15-6-2-4-13(11-15)16-7-8-22-24-16/h1-9,11H,10H2,(H,22,24)(H,23,25). The molecule has 128 valence electrons. The minimum Gasteiger partial charge on any atom is -0.326 e. The fraction of sp³-hybridized carbons (Fsp3) is 0.111. The molecule has 1 heterocycles. The predicted molar refractivity (Wildman–Crippen MR) is 87.8 cm³/mol. The maximum atomic E-state index is 12.7. The molecule has 0 aliphatic carbocycles. The first kappa shape index (κ1) is 16.8. The zero-order chi connectivity index (χ0) is 17.9. The molecule has 7 heteroatoms. The second-order valence-electron chi connectivity index (χ2n) is 5.47. The second-order valence-corrected chi connectivity index (χ2v) is 5.47. The van der Waals surface area contributed by atoms with Crippen LogP contribution < -0.4 is 5.32 Å². The Morgan fingerprint density at radius 3 is 2.60 bits per heavy atom. The molecule has 2 N–H and O–H groups in total. The lowest BCUT2D eigenvalue weighted by Gasteiger charge is -2.10. The average molecular weight is 345 g/mol. The Morgan fingerprint density at radius 1 is 1.08 bits per heavy atom. The van der Waals surface area contributed by atoms with E-state index in [0.29, 0.717) is 11.3 Å². The van der Waals surface area contributed by atoms with Gasteiger partial charge in [-0.15, -0.1) is 0 Å². The van der Waals surface area contributed by atoms with Crippen LogP contribution in [-0.4, -0.2) is 16.1 Å². The third kappa shape index (κ3) is 4.26. The Kier molecular flexibility index (Phi) is 4.56. The SMILES string of the molecule is O=C(Cc1cccc(C(F)(F)F)c1)Nc1cccc(-c2ccn[nH]2)c1. The van der Waals surface area contributed by atoms with Gasteiger partial charge in [0.05, 0.1) is 17.7 Å². The van der Waals surface area contributed by atoms with Crippen molar-refractivity contribution in [2.45, 2.75) is 12.6 Å². The highest BCUT2D eigenvalue weighted by molar-refractivity contribution is 5.92. The van der Waals surface area contributed by atoms with Gasteiger partial charge in [0.25, 0.3) is 0 Å². The van der Waals surface area contributed by atoms with Crippen LogP contribution in [0.5, 0.6) is 0 Å². The van der Waals surface area contributed by atoms with Crippen molar-refractivity contribution in [1.29, 1.82) is 0 Å². The Hall–Kier alpha value is -3.09. The van der Waals surface area contributed by atoms with Gasteiger partial charge in [-0.1, -0.05) is 30.3 Å². The van der Waals surface area contributed by atoms with Crippen LogP contribution in [-0.2, 0) is 17.4 Å². The summed E-state index contributed by atoms with van der Waals surface area (Å²) in [6, 6.07) is 13.7. The van der Waals surface area contributed by atoms with E-state index in [0.717, 1.165) is 23.4 Å². The molecule has 3 aromatic rings. The van der Waals surface area contributed by atoms with Crippen molar-refractivity contribution in [2.75, 3.05) is 5.32 Å². The molecule has 25 heavy (non-hydrogen) atoms. The zero-order valence-electron chi connectivity index (χ0n) is 13.0. The number of rotatable bonds is 4. The van der Waals surface area contributed by atoms with Gasteiger partial charge in [0, 0.05) is 17.4 Å². The van der Waals surface area contributed by atoms with Crippen LogP contribution in [0.15, 0.2) is 60.8 Å². The Bertz CT molecular complexity index is 873. The number of amides is 1. The number of alkyl halides is 3. The molecular weight excluding hydrogens is 331 g/mol. The molecule has 1 amide bonds. The number of hydrogen-bond donors (Lipinski definition) is 2. The number of aromatic amines is 1. The maximum Gasteiger partial charge on any atom is 0.416 e. The predicted octanol–water partition coefficient (Wildman–Crippen LogP) is 4.28. The maximum absolute atomic E-state index is 12.7. The van der Waals surface area contributed by atoms with Crippen molar-refractivity contribution in [3.05, 3.63) is 71.9 Å². The second kappa shape index (κ2) is 6.80. The molecule has 4 nitrogen and oxygen atoms in total. The average Bonchev–Trinajstić information content (AvgIpc) is 3.09. The number of nitrogens with zero attached hydrogens (tertiary/aromatic N) is 1. The van der Waals surface area contributed by atoms with Gasteiger partial charge in [0.1, 0.15) is 0 Å². The van der Waals surface area contributed by atoms with E-state index in [9.17, 15) is 18.0 Å². The molecule has 0 unspecified atom stereocenters. The van der Waals surface area contributed by atoms with E-state index in [1.54, 1.807) is 30.5 Å². The number of carbonyl (C=O) groups is 1. The highest BCUT2D eigenvalue weighted by atomic mass is 19.4. The first-order chi connectivity index (χ1) is 11.9. The molecule has 3 rings (SSSR count). The molecule has 0 atom stereocenters. The number of carbonyl (C=O) groups excluding carboxylic acids is 1. The number of nitrogens with one attached hydrogen (secondary N) is 2. The fourth-order valence-corrected chi connectivity index (χ4v) is 2.43. The van der Waals surface area contributed by atoms with Gasteiger partial charge in [-0.25, -0.2) is 0 Å². The summed E-state index contributed by atoms with van der Waals surface area (Å²) in [6.07, 6.45) is -2.95. The van der Waals surface area contributed by atoms with Gasteiger partial charge < -0.3 is 5.32 Å². The summed E-state index contributed by atoms with van der Waals surface area (Å²) >= 11 is 0. The molecule has 0 radical (unpaired) electrons. The summed E-state index contributed by atoms with van der Waals surface area (Å²) in [5, 5.41) is 9.39. The summed E-state index contributed by atoms with van der Waals surface area (Å²) in [5.41, 5.74) is 1.74. The molecule has 0 spiro atoms. The first-order valence-electron chi connectivity index (χ1n) is 7.47. The molecule has 0 saturated heterocycles. The Balaban J connectivity index is 1.70. The topological polar surface area (TPSA) is 57.8 Å². The molecule has 0 bridgehead atoms. The lowest BCUT2D eigenvalue weighted by atomic mass is 10.1. The lowest BCUT2D eigenvalue weighted by molar-refractivity contribution is -0.137. The summed E-state index contributed by atoms with van der Waals surface area (Å²) in [5.74, 6) is -0.388. The Morgan fingerprint density at radius 2 is 1.88 bits per heavy atom. The van der Waals surface area contributed by atoms with E-state index in [-0.39, 0.29) is 12.3 Å². The lowest BCUT2D eigenvalue weighted by Crippen LogP contribution is -2.15. The number of aromatic nitrogens is 2. The highest BCUT2D eigenvalue weighted by Crippen LogP contribution is 2.29. The van der Waals surface area contributed by atoms with Crippen molar-refractivity contribution in [3.8, 4) is 11.3 Å². The molecular formula is C18H14F3N3O. The van der Waals surface area contributed by atoms with Crippen molar-refractivity contribution in [2.24, 2.45) is 0 Å². The summed E-state index contributed by atoms with van der Waals surface area (Å²) in [6.45, 7) is 0. The molecule has 0 saturated carbocycles. The van der Waals surface area contributed by atoms with Crippen LogP contribution in [0.1, 0.15) is 11.1 Å². The van der Waals surface area contributed by atoms with Crippen LogP contribution in [0.3, 0.4) is 0 Å². The van der Waals surface area contributed by atoms with Crippen LogP contribution in [0.4, 0.5) is 18.9 Å². The monoisotopic (exact) mass is 345 g/mol. The van der Waals surface area contributed by atoms with Crippen molar-refractivity contribution < 1.29 is 18.0 Å². The molecule has 0 aliphatic rings.